The molecule has 4 aliphatic rings. The quantitative estimate of drug-likeness (QED) is 0.345. The molecule has 1 N–H and O–H groups in total. The summed E-state index contributed by atoms with van der Waals surface area (Å²) in [6.45, 7) is 15.3. The first-order chi connectivity index (χ1) is 19.9. The number of hydrogen-bond donors (Lipinski definition) is 1. The van der Waals surface area contributed by atoms with Crippen molar-refractivity contribution in [1.29, 1.82) is 0 Å². The molecule has 41 heavy (non-hydrogen) atoms. The van der Waals surface area contributed by atoms with E-state index in [2.05, 4.69) is 77.9 Å². The van der Waals surface area contributed by atoms with Crippen molar-refractivity contribution >= 4 is 24.7 Å². The topological polar surface area (TPSA) is 95.6 Å². The molecule has 2 saturated heterocycles. The van der Waals surface area contributed by atoms with Crippen LogP contribution in [0.5, 0.6) is 0 Å². The monoisotopic (exact) mass is 571 g/mol. The molecule has 230 valence electrons. The third-order valence-electron chi connectivity index (χ3n) is 7.68. The normalized spacial score (nSPS) is 25.3. The van der Waals surface area contributed by atoms with Crippen molar-refractivity contribution < 1.29 is 15.6 Å². The first-order valence-corrected chi connectivity index (χ1v) is 15.0. The van der Waals surface area contributed by atoms with E-state index in [1.54, 1.807) is 20.5 Å². The van der Waals surface area contributed by atoms with Crippen LogP contribution in [0.3, 0.4) is 0 Å². The number of nitrogens with one attached hydrogen (secondary N) is 1. The van der Waals surface area contributed by atoms with Crippen LogP contribution in [-0.2, 0) is 14.2 Å². The summed E-state index contributed by atoms with van der Waals surface area (Å²) in [5, 5.41) is 3.53. The smallest absolute Gasteiger partial charge is 0.234 e. The van der Waals surface area contributed by atoms with Crippen LogP contribution in [0.2, 0.25) is 0 Å². The summed E-state index contributed by atoms with van der Waals surface area (Å²) in [6.07, 6.45) is 13.2. The van der Waals surface area contributed by atoms with Gasteiger partial charge in [0.2, 0.25) is 5.88 Å². The second-order valence-corrected chi connectivity index (χ2v) is 10.9. The number of allylic oxidation sites excluding steroid dienone is 2. The Morgan fingerprint density at radius 2 is 1.98 bits per heavy atom. The molecule has 2 fully saturated rings. The van der Waals surface area contributed by atoms with Gasteiger partial charge in [0.15, 0.2) is 0 Å². The third kappa shape index (κ3) is 9.90. The molecule has 3 unspecified atom stereocenters. The molecule has 0 aromatic heterocycles. The zero-order chi connectivity index (χ0) is 29.6. The van der Waals surface area contributed by atoms with Crippen LogP contribution in [0.4, 0.5) is 0 Å². The Bertz CT molecular complexity index is 1030. The van der Waals surface area contributed by atoms with Gasteiger partial charge in [0.1, 0.15) is 18.0 Å². The number of aliphatic imine (C=N–C) groups is 4. The lowest BCUT2D eigenvalue weighted by molar-refractivity contribution is -0.0481. The van der Waals surface area contributed by atoms with Crippen LogP contribution in [0.25, 0.3) is 0 Å². The fraction of sp³-hybridized carbons (Fsp3) is 0.677. The molecule has 0 spiro atoms. The number of rotatable bonds is 8. The van der Waals surface area contributed by atoms with Crippen LogP contribution in [-0.4, -0.2) is 113 Å². The predicted molar refractivity (Wildman–Crippen MR) is 171 cm³/mol. The van der Waals surface area contributed by atoms with Crippen LogP contribution < -0.4 is 5.32 Å². The maximum absolute atomic E-state index is 6.23. The van der Waals surface area contributed by atoms with Crippen molar-refractivity contribution in [1.82, 2.24) is 15.1 Å². The molecule has 4 rings (SSSR count). The highest BCUT2D eigenvalue weighted by molar-refractivity contribution is 6.05. The molecule has 0 aromatic rings. The molecule has 4 aliphatic heterocycles. The highest BCUT2D eigenvalue weighted by atomic mass is 16.5. The van der Waals surface area contributed by atoms with Crippen molar-refractivity contribution in [2.45, 2.75) is 71.1 Å². The summed E-state index contributed by atoms with van der Waals surface area (Å²) in [4.78, 5) is 22.3. The van der Waals surface area contributed by atoms with Gasteiger partial charge in [-0.2, -0.15) is 4.99 Å². The molecular weight excluding hydrogens is 518 g/mol. The Balaban J connectivity index is 0.00000148. The molecule has 0 saturated carbocycles. The number of likely N-dealkylation sites (N-methyl/N-ethyl adjacent to an activating group) is 1. The highest BCUT2D eigenvalue weighted by Gasteiger charge is 2.29. The Morgan fingerprint density at radius 1 is 1.27 bits per heavy atom. The lowest BCUT2D eigenvalue weighted by Gasteiger charge is -2.37. The van der Waals surface area contributed by atoms with E-state index in [1.807, 2.05) is 0 Å². The van der Waals surface area contributed by atoms with Crippen molar-refractivity contribution in [3.05, 3.63) is 35.4 Å². The number of ether oxygens (including phenoxy) is 3. The average molecular weight is 572 g/mol. The summed E-state index contributed by atoms with van der Waals surface area (Å²) >= 11 is 0. The Kier molecular flexibility index (Phi) is 13.7. The molecule has 0 radical (unpaired) electrons. The summed E-state index contributed by atoms with van der Waals surface area (Å²) < 4.78 is 17.4. The maximum atomic E-state index is 6.23. The molecule has 0 aromatic carbocycles. The summed E-state index contributed by atoms with van der Waals surface area (Å²) in [5.74, 6) is 2.59. The minimum absolute atomic E-state index is 0. The van der Waals surface area contributed by atoms with Crippen molar-refractivity contribution in [3.63, 3.8) is 0 Å². The second kappa shape index (κ2) is 17.2. The summed E-state index contributed by atoms with van der Waals surface area (Å²) in [5.41, 5.74) is 2.40. The Hall–Kier alpha value is -2.82. The van der Waals surface area contributed by atoms with Gasteiger partial charge in [-0.3, -0.25) is 4.99 Å². The maximum Gasteiger partial charge on any atom is 0.234 e. The van der Waals surface area contributed by atoms with Crippen LogP contribution in [0.15, 0.2) is 55.4 Å². The van der Waals surface area contributed by atoms with Gasteiger partial charge in [0, 0.05) is 60.2 Å². The van der Waals surface area contributed by atoms with E-state index in [4.69, 9.17) is 24.2 Å². The zero-order valence-electron chi connectivity index (χ0n) is 26.0. The summed E-state index contributed by atoms with van der Waals surface area (Å²) in [6, 6.07) is -0.0102. The van der Waals surface area contributed by atoms with E-state index < -0.39 is 0 Å². The predicted octanol–water partition coefficient (Wildman–Crippen LogP) is 4.32. The third-order valence-corrected chi connectivity index (χ3v) is 7.68. The van der Waals surface area contributed by atoms with Gasteiger partial charge in [-0.05, 0) is 51.9 Å². The molecule has 0 amide bonds. The molecular formula is C31H53N7O3. The van der Waals surface area contributed by atoms with Gasteiger partial charge < -0.3 is 34.3 Å². The standard InChI is InChI=1S/C29H46N6O3.C2H5N.H2/c1-6-7-23(9-8-21(2)38-24-12-18-37-19-13-24)27-22(3)28(31-20-30-27)32-26-11-10-25(29(33-26)36-5)35-16-14-34(4)15-17-35;1-3-2;/h7-9,20-22,24,27H,6,10-19H2,1-5H3,(H,30,31,32,33);1H2,2H3;1H/b9-8-,23-7+;;. The summed E-state index contributed by atoms with van der Waals surface area (Å²) in [7, 11) is 5.52. The van der Waals surface area contributed by atoms with E-state index in [0.717, 1.165) is 83.2 Å². The fourth-order valence-electron chi connectivity index (χ4n) is 5.37. The first kappa shape index (κ1) is 32.7. The number of amidine groups is 2. The highest BCUT2D eigenvalue weighted by Crippen LogP contribution is 2.26. The molecule has 0 aliphatic carbocycles. The fourth-order valence-corrected chi connectivity index (χ4v) is 5.37. The Labute approximate surface area is 248 Å². The van der Waals surface area contributed by atoms with Gasteiger partial charge in [0.25, 0.3) is 0 Å². The lowest BCUT2D eigenvalue weighted by Crippen LogP contribution is -2.45. The minimum atomic E-state index is -0.0102. The van der Waals surface area contributed by atoms with Crippen LogP contribution in [0, 0.1) is 5.92 Å². The molecule has 10 heteroatoms. The zero-order valence-corrected chi connectivity index (χ0v) is 26.0. The van der Waals surface area contributed by atoms with Crippen LogP contribution >= 0.6 is 0 Å². The van der Waals surface area contributed by atoms with E-state index in [-0.39, 0.29) is 25.6 Å². The molecule has 0 bridgehead atoms. The van der Waals surface area contributed by atoms with Gasteiger partial charge in [0.05, 0.1) is 31.1 Å². The van der Waals surface area contributed by atoms with Crippen LogP contribution in [0.1, 0.15) is 54.3 Å². The van der Waals surface area contributed by atoms with Gasteiger partial charge >= 0.3 is 0 Å². The number of methoxy groups -OCH3 is 1. The van der Waals surface area contributed by atoms with Crippen molar-refractivity contribution in [3.8, 4) is 0 Å². The van der Waals surface area contributed by atoms with Crippen molar-refractivity contribution in [2.24, 2.45) is 25.9 Å². The largest absolute Gasteiger partial charge is 0.480 e. The number of hydrogen-bond acceptors (Lipinski definition) is 10. The molecule has 4 heterocycles. The number of nitrogens with zero attached hydrogens (tertiary/aromatic N) is 6. The van der Waals surface area contributed by atoms with Crippen molar-refractivity contribution in [2.75, 3.05) is 60.6 Å². The van der Waals surface area contributed by atoms with Gasteiger partial charge in [-0.25, -0.2) is 4.99 Å². The van der Waals surface area contributed by atoms with Gasteiger partial charge in [-0.15, -0.1) is 0 Å². The SMILES string of the molecule is C=NC.CC/C=C(\C=C/C(C)OC1CCOCC1)C1N=CN=C(NC2=NC(OC)=C(N3CCN(C)CC3)CC2)C1C.[HH]. The lowest BCUT2D eigenvalue weighted by atomic mass is 9.91. The second-order valence-electron chi connectivity index (χ2n) is 10.9. The van der Waals surface area contributed by atoms with Gasteiger partial charge in [-0.1, -0.05) is 32.1 Å². The van der Waals surface area contributed by atoms with E-state index in [0.29, 0.717) is 5.88 Å². The molecule has 3 atom stereocenters. The molecule has 10 nitrogen and oxygen atoms in total. The minimum Gasteiger partial charge on any atom is -0.480 e. The van der Waals surface area contributed by atoms with E-state index >= 15 is 0 Å². The Morgan fingerprint density at radius 3 is 2.63 bits per heavy atom. The average Bonchev–Trinajstić information content (AvgIpc) is 2.98. The van der Waals surface area contributed by atoms with E-state index in [1.165, 1.54) is 11.3 Å². The number of piperazine rings is 1. The first-order valence-electron chi connectivity index (χ1n) is 15.0. The van der Waals surface area contributed by atoms with E-state index in [9.17, 15) is 0 Å².